The van der Waals surface area contributed by atoms with Crippen molar-refractivity contribution in [3.05, 3.63) is 107 Å². The van der Waals surface area contributed by atoms with Crippen molar-refractivity contribution in [2.24, 2.45) is 11.7 Å². The molecule has 4 nitrogen and oxygen atoms in total. The normalized spacial score (nSPS) is 23.8. The molecule has 2 aliphatic rings. The highest BCUT2D eigenvalue weighted by Gasteiger charge is 2.54. The van der Waals surface area contributed by atoms with Gasteiger partial charge in [0, 0.05) is 22.2 Å². The van der Waals surface area contributed by atoms with E-state index >= 15 is 0 Å². The van der Waals surface area contributed by atoms with Gasteiger partial charge in [0.25, 0.3) is 0 Å². The Balaban J connectivity index is 1.72. The lowest BCUT2D eigenvalue weighted by molar-refractivity contribution is -0.122. The zero-order chi connectivity index (χ0) is 21.5. The molecule has 4 atom stereocenters. The van der Waals surface area contributed by atoms with Crippen LogP contribution in [-0.2, 0) is 4.79 Å². The maximum absolute atomic E-state index is 13.9. The third-order valence-electron chi connectivity index (χ3n) is 6.31. The molecule has 0 aliphatic carbocycles. The average molecular weight is 429 g/mol. The molecule has 5 rings (SSSR count). The Labute approximate surface area is 185 Å². The van der Waals surface area contributed by atoms with E-state index in [0.29, 0.717) is 10.6 Å². The number of amides is 1. The Bertz CT molecular complexity index is 1170. The lowest BCUT2D eigenvalue weighted by Gasteiger charge is -2.35. The molecular weight excluding hydrogens is 408 g/mol. The van der Waals surface area contributed by atoms with Crippen LogP contribution in [-0.4, -0.2) is 23.8 Å². The van der Waals surface area contributed by atoms with E-state index in [1.807, 2.05) is 78.9 Å². The van der Waals surface area contributed by atoms with Crippen molar-refractivity contribution in [1.82, 2.24) is 0 Å². The summed E-state index contributed by atoms with van der Waals surface area (Å²) in [5.74, 6) is -1.39. The number of hydrogen-bond donors (Lipinski definition) is 1. The van der Waals surface area contributed by atoms with Crippen LogP contribution in [0, 0.1) is 5.92 Å². The van der Waals surface area contributed by atoms with E-state index in [-0.39, 0.29) is 11.8 Å². The van der Waals surface area contributed by atoms with E-state index < -0.39 is 23.8 Å². The lowest BCUT2D eigenvalue weighted by Crippen LogP contribution is -2.44. The molecule has 0 bridgehead atoms. The first-order valence-electron chi connectivity index (χ1n) is 10.3. The van der Waals surface area contributed by atoms with Crippen LogP contribution in [0.2, 0.25) is 5.02 Å². The van der Waals surface area contributed by atoms with Crippen molar-refractivity contribution >= 4 is 35.1 Å². The van der Waals surface area contributed by atoms with Gasteiger partial charge in [-0.25, -0.2) is 0 Å². The first kappa shape index (κ1) is 19.6. The highest BCUT2D eigenvalue weighted by atomic mass is 35.5. The minimum absolute atomic E-state index is 0.0283. The molecule has 4 unspecified atom stereocenters. The van der Waals surface area contributed by atoms with Crippen LogP contribution in [0.1, 0.15) is 27.4 Å². The summed E-state index contributed by atoms with van der Waals surface area (Å²) in [6, 6.07) is 23.7. The third kappa shape index (κ3) is 3.24. The quantitative estimate of drug-likeness (QED) is 0.613. The predicted molar refractivity (Wildman–Crippen MR) is 123 cm³/mol. The van der Waals surface area contributed by atoms with E-state index in [4.69, 9.17) is 17.3 Å². The molecule has 154 valence electrons. The minimum atomic E-state index is -0.572. The van der Waals surface area contributed by atoms with Gasteiger partial charge in [0.1, 0.15) is 6.04 Å². The number of hydrogen-bond acceptors (Lipinski definition) is 3. The Morgan fingerprint density at radius 2 is 1.55 bits per heavy atom. The van der Waals surface area contributed by atoms with Crippen molar-refractivity contribution in [2.45, 2.75) is 18.0 Å². The molecule has 0 radical (unpaired) electrons. The summed E-state index contributed by atoms with van der Waals surface area (Å²) >= 11 is 6.12. The zero-order valence-corrected chi connectivity index (χ0v) is 17.4. The highest BCUT2D eigenvalue weighted by molar-refractivity contribution is 6.30. The van der Waals surface area contributed by atoms with Gasteiger partial charge in [-0.05, 0) is 29.3 Å². The van der Waals surface area contributed by atoms with Gasteiger partial charge in [0.05, 0.1) is 12.0 Å². The fourth-order valence-corrected chi connectivity index (χ4v) is 5.14. The number of rotatable bonds is 4. The Hall–Kier alpha value is -3.37. The molecular formula is C26H21ClN2O2. The Kier molecular flexibility index (Phi) is 4.87. The molecule has 2 aliphatic heterocycles. The fourth-order valence-electron chi connectivity index (χ4n) is 5.01. The van der Waals surface area contributed by atoms with Crippen molar-refractivity contribution in [3.63, 3.8) is 0 Å². The standard InChI is InChI=1S/C26H21ClN2O2/c27-19-13-10-17(11-14-19)22-23(26(28)31)21-15-12-16-6-4-5-9-20(16)29(21)24(22)25(30)18-7-2-1-3-8-18/h1-15,21-24H,(H2,28,31). The molecule has 3 aromatic rings. The second kappa shape index (κ2) is 7.71. The van der Waals surface area contributed by atoms with Crippen molar-refractivity contribution in [1.29, 1.82) is 0 Å². The molecule has 2 heterocycles. The van der Waals surface area contributed by atoms with Crippen molar-refractivity contribution < 1.29 is 9.59 Å². The van der Waals surface area contributed by atoms with Gasteiger partial charge in [-0.15, -0.1) is 0 Å². The first-order valence-corrected chi connectivity index (χ1v) is 10.6. The van der Waals surface area contributed by atoms with Gasteiger partial charge >= 0.3 is 0 Å². The highest BCUT2D eigenvalue weighted by Crippen LogP contribution is 2.49. The summed E-state index contributed by atoms with van der Waals surface area (Å²) in [5.41, 5.74) is 9.39. The summed E-state index contributed by atoms with van der Waals surface area (Å²) in [4.78, 5) is 28.7. The number of primary amides is 1. The Morgan fingerprint density at radius 3 is 2.26 bits per heavy atom. The van der Waals surface area contributed by atoms with Gasteiger partial charge in [-0.3, -0.25) is 9.59 Å². The third-order valence-corrected chi connectivity index (χ3v) is 6.57. The van der Waals surface area contributed by atoms with Crippen LogP contribution < -0.4 is 10.6 Å². The number of fused-ring (bicyclic) bond motifs is 3. The van der Waals surface area contributed by atoms with Crippen LogP contribution in [0.25, 0.3) is 6.08 Å². The summed E-state index contributed by atoms with van der Waals surface area (Å²) < 4.78 is 0. The number of carbonyl (C=O) groups excluding carboxylic acids is 2. The number of carbonyl (C=O) groups is 2. The van der Waals surface area contributed by atoms with Crippen molar-refractivity contribution in [3.8, 4) is 0 Å². The van der Waals surface area contributed by atoms with Crippen LogP contribution in [0.15, 0.2) is 84.9 Å². The van der Waals surface area contributed by atoms with Gasteiger partial charge in [0.15, 0.2) is 5.78 Å². The van der Waals surface area contributed by atoms with Crippen LogP contribution >= 0.6 is 11.6 Å². The molecule has 0 saturated carbocycles. The van der Waals surface area contributed by atoms with E-state index in [9.17, 15) is 9.59 Å². The van der Waals surface area contributed by atoms with E-state index in [1.165, 1.54) is 0 Å². The number of ketones is 1. The van der Waals surface area contributed by atoms with Crippen LogP contribution in [0.5, 0.6) is 0 Å². The van der Waals surface area contributed by atoms with E-state index in [1.54, 1.807) is 12.1 Å². The fraction of sp³-hybridized carbons (Fsp3) is 0.154. The van der Waals surface area contributed by atoms with Crippen LogP contribution in [0.4, 0.5) is 5.69 Å². The molecule has 1 fully saturated rings. The second-order valence-electron chi connectivity index (χ2n) is 8.00. The minimum Gasteiger partial charge on any atom is -0.369 e. The smallest absolute Gasteiger partial charge is 0.223 e. The summed E-state index contributed by atoms with van der Waals surface area (Å²) in [7, 11) is 0. The second-order valence-corrected chi connectivity index (χ2v) is 8.43. The number of Topliss-reactive ketones (excluding diaryl/α,β-unsaturated/α-hetero) is 1. The monoisotopic (exact) mass is 428 g/mol. The molecule has 1 amide bonds. The Morgan fingerprint density at radius 1 is 0.871 bits per heavy atom. The number of benzene rings is 3. The van der Waals surface area contributed by atoms with Gasteiger partial charge < -0.3 is 10.6 Å². The van der Waals surface area contributed by atoms with E-state index in [2.05, 4.69) is 4.90 Å². The summed E-state index contributed by atoms with van der Waals surface area (Å²) in [6.45, 7) is 0. The predicted octanol–water partition coefficient (Wildman–Crippen LogP) is 4.69. The topological polar surface area (TPSA) is 63.4 Å². The number of para-hydroxylation sites is 1. The SMILES string of the molecule is NC(=O)C1C(c2ccc(Cl)cc2)C(C(=O)c2ccccc2)N2c3ccccc3C=CC12. The van der Waals surface area contributed by atoms with Gasteiger partial charge in [-0.2, -0.15) is 0 Å². The maximum atomic E-state index is 13.9. The lowest BCUT2D eigenvalue weighted by atomic mass is 9.79. The molecule has 3 aromatic carbocycles. The van der Waals surface area contributed by atoms with Crippen molar-refractivity contribution in [2.75, 3.05) is 4.90 Å². The van der Waals surface area contributed by atoms with Gasteiger partial charge in [0.2, 0.25) is 5.91 Å². The summed E-state index contributed by atoms with van der Waals surface area (Å²) in [5, 5.41) is 0.603. The molecule has 5 heteroatoms. The van der Waals surface area contributed by atoms with Crippen LogP contribution in [0.3, 0.4) is 0 Å². The number of nitrogens with two attached hydrogens (primary N) is 1. The number of anilines is 1. The number of nitrogens with zero attached hydrogens (tertiary/aromatic N) is 1. The largest absolute Gasteiger partial charge is 0.369 e. The molecule has 31 heavy (non-hydrogen) atoms. The molecule has 0 spiro atoms. The van der Waals surface area contributed by atoms with E-state index in [0.717, 1.165) is 16.8 Å². The first-order chi connectivity index (χ1) is 15.1. The zero-order valence-electron chi connectivity index (χ0n) is 16.7. The maximum Gasteiger partial charge on any atom is 0.223 e. The summed E-state index contributed by atoms with van der Waals surface area (Å²) in [6.07, 6.45) is 4.01. The molecule has 0 aromatic heterocycles. The molecule has 1 saturated heterocycles. The average Bonchev–Trinajstić information content (AvgIpc) is 3.15. The molecule has 2 N–H and O–H groups in total. The number of halogens is 1. The van der Waals surface area contributed by atoms with Gasteiger partial charge in [-0.1, -0.05) is 84.4 Å².